The second kappa shape index (κ2) is 11.1. The molecule has 0 aliphatic heterocycles. The van der Waals surface area contributed by atoms with Crippen LogP contribution >= 0.6 is 0 Å². The van der Waals surface area contributed by atoms with E-state index in [1.807, 2.05) is 55.5 Å². The van der Waals surface area contributed by atoms with Crippen LogP contribution in [0.4, 0.5) is 0 Å². The summed E-state index contributed by atoms with van der Waals surface area (Å²) in [5, 5.41) is -1.74. The molecule has 2 nitrogen and oxygen atoms in total. The van der Waals surface area contributed by atoms with Crippen molar-refractivity contribution in [3.05, 3.63) is 169 Å². The molecule has 0 fully saturated rings. The number of aryl methyl sites for hydroxylation is 1. The van der Waals surface area contributed by atoms with E-state index in [9.17, 15) is 8.22 Å². The summed E-state index contributed by atoms with van der Waals surface area (Å²) in [5.74, 6) is 0.913. The molecule has 2 heteroatoms. The van der Waals surface area contributed by atoms with Crippen LogP contribution in [0.2, 0.25) is 0 Å². The molecule has 0 radical (unpaired) electrons. The number of fused-ring (bicyclic) bond motifs is 4. The van der Waals surface area contributed by atoms with E-state index >= 15 is 0 Å². The monoisotopic (exact) mass is 615 g/mol. The summed E-state index contributed by atoms with van der Waals surface area (Å²) in [7, 11) is 0. The van der Waals surface area contributed by atoms with Gasteiger partial charge in [0.25, 0.3) is 0 Å². The van der Waals surface area contributed by atoms with E-state index in [2.05, 4.69) is 4.57 Å². The first-order chi connectivity index (χ1) is 29.5. The third kappa shape index (κ3) is 4.53. The highest BCUT2D eigenvalue weighted by Crippen LogP contribution is 2.44. The number of aromatic nitrogens is 2. The number of rotatable bonds is 5. The Kier molecular flexibility index (Phi) is 3.79. The van der Waals surface area contributed by atoms with Gasteiger partial charge in [-0.15, -0.1) is 0 Å². The lowest BCUT2D eigenvalue weighted by atomic mass is 9.85. The highest BCUT2D eigenvalue weighted by atomic mass is 15.1. The molecule has 0 amide bonds. The van der Waals surface area contributed by atoms with Crippen LogP contribution in [0.15, 0.2) is 163 Å². The first-order valence-electron chi connectivity index (χ1n) is 22.6. The predicted molar refractivity (Wildman–Crippen MR) is 199 cm³/mol. The normalized spacial score (nSPS) is 16.1. The molecule has 0 spiro atoms. The lowest BCUT2D eigenvalue weighted by Gasteiger charge is -2.18. The summed E-state index contributed by atoms with van der Waals surface area (Å²) >= 11 is 0. The van der Waals surface area contributed by atoms with E-state index in [1.165, 1.54) is 0 Å². The van der Waals surface area contributed by atoms with E-state index in [-0.39, 0.29) is 32.7 Å². The Balaban J connectivity index is 1.34. The Bertz CT molecular complexity index is 3350. The van der Waals surface area contributed by atoms with Gasteiger partial charge in [-0.1, -0.05) is 140 Å². The van der Waals surface area contributed by atoms with Gasteiger partial charge in [-0.2, -0.15) is 0 Å². The zero-order valence-electron chi connectivity index (χ0n) is 40.0. The second-order valence-electron chi connectivity index (χ2n) is 11.1. The molecule has 8 aromatic carbocycles. The molecule has 0 N–H and O–H groups in total. The topological polar surface area (TPSA) is 17.8 Å². The van der Waals surface area contributed by atoms with Crippen molar-refractivity contribution < 1.29 is 20.6 Å². The van der Waals surface area contributed by atoms with Gasteiger partial charge in [0.1, 0.15) is 5.82 Å². The fourth-order valence-corrected chi connectivity index (χ4v) is 6.30. The number of benzene rings is 8. The lowest BCUT2D eigenvalue weighted by Crippen LogP contribution is -1.99. The Morgan fingerprint density at radius 1 is 0.532 bits per heavy atom. The van der Waals surface area contributed by atoms with E-state index in [0.29, 0.717) is 5.56 Å². The second-order valence-corrected chi connectivity index (χ2v) is 11.1. The zero-order chi connectivity index (χ0) is 44.4. The Morgan fingerprint density at radius 3 is 1.70 bits per heavy atom. The lowest BCUT2D eigenvalue weighted by molar-refractivity contribution is 0.908. The molecule has 47 heavy (non-hydrogen) atoms. The largest absolute Gasteiger partial charge is 0.296 e. The van der Waals surface area contributed by atoms with Crippen LogP contribution in [0.25, 0.3) is 82.4 Å². The standard InChI is InChI=1S/C45H32N2/c1-2-43-46-41-17-9-10-18-42(41)47(43)36-27-25-32(26-28-36)31-19-22-33(23-20-31)44-37-13-5-7-15-39(37)45(40-16-8-6-14-38(40)44)35-24-21-30-11-3-4-12-34(30)29-35/h3-29H,2H2,1H3/i3D,4D,5D,6D,7D,8D,11D,12D,13D,14D,15D,16D,21D,24D,29D. The molecule has 0 aliphatic rings. The maximum absolute atomic E-state index is 9.40. The van der Waals surface area contributed by atoms with E-state index < -0.39 is 107 Å². The molecule has 0 bridgehead atoms. The van der Waals surface area contributed by atoms with Gasteiger partial charge in [-0.05, 0) is 96.0 Å². The van der Waals surface area contributed by atoms with Crippen LogP contribution in [0.1, 0.15) is 33.3 Å². The van der Waals surface area contributed by atoms with Crippen molar-refractivity contribution in [3.8, 4) is 39.1 Å². The van der Waals surface area contributed by atoms with Gasteiger partial charge in [0.05, 0.1) is 31.6 Å². The molecule has 9 rings (SSSR count). The summed E-state index contributed by atoms with van der Waals surface area (Å²) in [4.78, 5) is 4.79. The first-order valence-corrected chi connectivity index (χ1v) is 15.1. The van der Waals surface area contributed by atoms with Crippen LogP contribution < -0.4 is 0 Å². The van der Waals surface area contributed by atoms with Gasteiger partial charge in [-0.3, -0.25) is 4.57 Å². The zero-order valence-corrected chi connectivity index (χ0v) is 25.0. The van der Waals surface area contributed by atoms with Crippen LogP contribution in [-0.2, 0) is 6.42 Å². The highest BCUT2D eigenvalue weighted by Gasteiger charge is 2.17. The van der Waals surface area contributed by atoms with E-state index in [0.717, 1.165) is 40.1 Å². The summed E-state index contributed by atoms with van der Waals surface area (Å²) in [6, 6.07) is 12.9. The third-order valence-electron chi connectivity index (χ3n) is 8.45. The third-order valence-corrected chi connectivity index (χ3v) is 8.45. The molecule has 1 aromatic heterocycles. The average molecular weight is 616 g/mol. The van der Waals surface area contributed by atoms with Gasteiger partial charge in [0.2, 0.25) is 0 Å². The molecule has 0 saturated carbocycles. The summed E-state index contributed by atoms with van der Waals surface area (Å²) in [5.41, 5.74) is 3.96. The van der Waals surface area contributed by atoms with Crippen LogP contribution in [0, 0.1) is 0 Å². The summed E-state index contributed by atoms with van der Waals surface area (Å²) in [6.45, 7) is 2.05. The maximum atomic E-state index is 9.40. The fourth-order valence-electron chi connectivity index (χ4n) is 6.30. The quantitative estimate of drug-likeness (QED) is 0.176. The minimum Gasteiger partial charge on any atom is -0.296 e. The Labute approximate surface area is 295 Å². The molecule has 1 heterocycles. The van der Waals surface area contributed by atoms with Crippen molar-refractivity contribution in [2.75, 3.05) is 0 Å². The molecule has 0 unspecified atom stereocenters. The number of hydrogen-bond donors (Lipinski definition) is 0. The van der Waals surface area contributed by atoms with Crippen LogP contribution in [0.5, 0.6) is 0 Å². The first kappa shape index (κ1) is 16.0. The predicted octanol–water partition coefficient (Wildman–Crippen LogP) is 12.0. The van der Waals surface area contributed by atoms with Gasteiger partial charge < -0.3 is 0 Å². The minimum absolute atomic E-state index is 0.0468. The summed E-state index contributed by atoms with van der Waals surface area (Å²) < 4.78 is 136. The van der Waals surface area contributed by atoms with Gasteiger partial charge in [-0.25, -0.2) is 4.98 Å². The fraction of sp³-hybridized carbons (Fsp3) is 0.0444. The maximum Gasteiger partial charge on any atom is 0.114 e. The van der Waals surface area contributed by atoms with Crippen molar-refractivity contribution in [2.24, 2.45) is 0 Å². The van der Waals surface area contributed by atoms with Gasteiger partial charge in [0, 0.05) is 12.1 Å². The van der Waals surface area contributed by atoms with Crippen LogP contribution in [0.3, 0.4) is 0 Å². The Morgan fingerprint density at radius 2 is 1.06 bits per heavy atom. The van der Waals surface area contributed by atoms with Crippen LogP contribution in [-0.4, -0.2) is 9.55 Å². The molecule has 0 aliphatic carbocycles. The molecular weight excluding hydrogens is 569 g/mol. The van der Waals surface area contributed by atoms with Crippen molar-refractivity contribution in [3.63, 3.8) is 0 Å². The molecule has 0 atom stereocenters. The minimum atomic E-state index is -0.731. The Hall–Kier alpha value is -5.99. The SMILES string of the molecule is [2H]c1c([2H])c([2H])c2c([2H])c(-c3c4c([2H])c([2H])c([2H])c([2H])c4c(-c4ccc(-c5ccc(-n6c(CC)nc7ccccc76)cc5)cc4)c4c([2H])c([2H])c([2H])c([2H])c34)c([2H])c([2H])c2c1[2H]. The number of hydrogen-bond acceptors (Lipinski definition) is 1. The summed E-state index contributed by atoms with van der Waals surface area (Å²) in [6.07, 6.45) is 0.725. The number of imidazole rings is 1. The van der Waals surface area contributed by atoms with Crippen molar-refractivity contribution in [2.45, 2.75) is 13.3 Å². The van der Waals surface area contributed by atoms with Crippen molar-refractivity contribution in [1.29, 1.82) is 0 Å². The van der Waals surface area contributed by atoms with Crippen molar-refractivity contribution >= 4 is 43.4 Å². The smallest absolute Gasteiger partial charge is 0.114 e. The molecule has 9 aromatic rings. The molecule has 0 saturated heterocycles. The van der Waals surface area contributed by atoms with Crippen molar-refractivity contribution in [1.82, 2.24) is 9.55 Å². The highest BCUT2D eigenvalue weighted by molar-refractivity contribution is 6.21. The van der Waals surface area contributed by atoms with E-state index in [4.69, 9.17) is 17.3 Å². The van der Waals surface area contributed by atoms with Gasteiger partial charge in [0.15, 0.2) is 0 Å². The number of nitrogens with zero attached hydrogens (tertiary/aromatic N) is 2. The number of para-hydroxylation sites is 2. The van der Waals surface area contributed by atoms with Gasteiger partial charge >= 0.3 is 0 Å². The molecule has 222 valence electrons. The van der Waals surface area contributed by atoms with E-state index in [1.54, 1.807) is 24.3 Å². The molecular formula is C45H32N2. The average Bonchev–Trinajstić information content (AvgIpc) is 3.67.